The fourth-order valence-electron chi connectivity index (χ4n) is 3.75. The molecule has 0 fully saturated rings. The number of benzene rings is 4. The quantitative estimate of drug-likeness (QED) is 0.0668. The molecule has 0 aliphatic rings. The van der Waals surface area contributed by atoms with E-state index < -0.39 is 28.6 Å². The summed E-state index contributed by atoms with van der Waals surface area (Å²) in [6.07, 6.45) is 1.40. The van der Waals surface area contributed by atoms with Gasteiger partial charge in [-0.05, 0) is 72.3 Å². The number of hydrogen-bond donors (Lipinski definition) is 4. The summed E-state index contributed by atoms with van der Waals surface area (Å²) in [4.78, 5) is 61.0. The minimum atomic E-state index is -1.16. The largest absolute Gasteiger partial charge is 0.478 e. The number of halogens is 1. The molecule has 4 aromatic rings. The van der Waals surface area contributed by atoms with Crippen molar-refractivity contribution in [2.45, 2.75) is 4.90 Å². The maximum atomic E-state index is 13.3. The zero-order valence-corrected chi connectivity index (χ0v) is 24.2. The van der Waals surface area contributed by atoms with E-state index >= 15 is 0 Å². The molecule has 0 atom stereocenters. The summed E-state index contributed by atoms with van der Waals surface area (Å²) in [5.74, 6) is -2.80. The standard InChI is InChI=1S/C31H23ClN4O7S/c32-25-14-11-21(31(40)41)16-26(25)34-28(37)18-44-24-8-4-7-22(17-24)33-30(39)27(35-29(38)20-5-2-1-3-6-20)15-19-9-12-23(13-10-19)36(42)43/h1-17H,18H2,(H,33,39)(H,34,37)(H,35,38)(H,40,41)/b27-15+. The summed E-state index contributed by atoms with van der Waals surface area (Å²) in [6, 6.07) is 24.4. The smallest absolute Gasteiger partial charge is 0.335 e. The third-order valence-corrected chi connectivity index (χ3v) is 7.22. The SMILES string of the molecule is O=C(CSc1cccc(NC(=O)/C(=C\c2ccc([N+](=O)[O-])cc2)NC(=O)c2ccccc2)c1)Nc1cc(C(=O)O)ccc1Cl. The van der Waals surface area contributed by atoms with Gasteiger partial charge in [0.1, 0.15) is 5.70 Å². The van der Waals surface area contributed by atoms with Crippen molar-refractivity contribution >= 4 is 70.2 Å². The van der Waals surface area contributed by atoms with Crippen LogP contribution in [-0.4, -0.2) is 39.5 Å². The third kappa shape index (κ3) is 8.77. The summed E-state index contributed by atoms with van der Waals surface area (Å²) >= 11 is 7.25. The van der Waals surface area contributed by atoms with E-state index in [0.717, 1.165) is 0 Å². The molecule has 222 valence electrons. The molecule has 0 saturated carbocycles. The number of amides is 3. The van der Waals surface area contributed by atoms with Gasteiger partial charge in [0.15, 0.2) is 0 Å². The van der Waals surface area contributed by atoms with Crippen molar-refractivity contribution in [2.75, 3.05) is 16.4 Å². The van der Waals surface area contributed by atoms with E-state index in [1.54, 1.807) is 54.6 Å². The number of thioether (sulfide) groups is 1. The topological polar surface area (TPSA) is 168 Å². The van der Waals surface area contributed by atoms with Gasteiger partial charge in [0, 0.05) is 28.3 Å². The van der Waals surface area contributed by atoms with Gasteiger partial charge in [0.2, 0.25) is 5.91 Å². The number of non-ortho nitro benzene ring substituents is 1. The molecule has 13 heteroatoms. The second-order valence-electron chi connectivity index (χ2n) is 9.05. The average molecular weight is 631 g/mol. The molecule has 0 bridgehead atoms. The summed E-state index contributed by atoms with van der Waals surface area (Å²) in [5.41, 5.74) is 1.06. The molecule has 0 aliphatic carbocycles. The fourth-order valence-corrected chi connectivity index (χ4v) is 4.67. The first-order chi connectivity index (χ1) is 21.1. The van der Waals surface area contributed by atoms with Crippen molar-refractivity contribution in [3.63, 3.8) is 0 Å². The summed E-state index contributed by atoms with van der Waals surface area (Å²) in [5, 5.41) is 28.3. The number of nitrogens with zero attached hydrogens (tertiary/aromatic N) is 1. The molecule has 3 amide bonds. The normalized spacial score (nSPS) is 10.9. The van der Waals surface area contributed by atoms with Gasteiger partial charge in [0.05, 0.1) is 26.9 Å². The molecule has 0 aliphatic heterocycles. The van der Waals surface area contributed by atoms with E-state index in [4.69, 9.17) is 16.7 Å². The molecule has 4 rings (SSSR count). The average Bonchev–Trinajstić information content (AvgIpc) is 3.01. The van der Waals surface area contributed by atoms with Crippen molar-refractivity contribution in [2.24, 2.45) is 0 Å². The first kappa shape index (κ1) is 31.5. The van der Waals surface area contributed by atoms with Crippen LogP contribution in [0.15, 0.2) is 108 Å². The lowest BCUT2D eigenvalue weighted by atomic mass is 10.1. The molecular formula is C31H23ClN4O7S. The van der Waals surface area contributed by atoms with Gasteiger partial charge in [-0.1, -0.05) is 35.9 Å². The maximum Gasteiger partial charge on any atom is 0.335 e. The van der Waals surface area contributed by atoms with Crippen LogP contribution in [-0.2, 0) is 9.59 Å². The Labute approximate surface area is 260 Å². The Morgan fingerprint density at radius 2 is 1.59 bits per heavy atom. The number of carboxylic acid groups (broad SMARTS) is 1. The van der Waals surface area contributed by atoms with Gasteiger partial charge < -0.3 is 21.1 Å². The van der Waals surface area contributed by atoms with Crippen molar-refractivity contribution < 1.29 is 29.2 Å². The minimum absolute atomic E-state index is 0.0252. The van der Waals surface area contributed by atoms with Crippen LogP contribution >= 0.6 is 23.4 Å². The number of carbonyl (C=O) groups is 4. The van der Waals surface area contributed by atoms with Gasteiger partial charge in [-0.15, -0.1) is 11.8 Å². The van der Waals surface area contributed by atoms with Crippen molar-refractivity contribution in [1.82, 2.24) is 5.32 Å². The number of hydrogen-bond acceptors (Lipinski definition) is 7. The molecule has 44 heavy (non-hydrogen) atoms. The fraction of sp³-hybridized carbons (Fsp3) is 0.0323. The van der Waals surface area contributed by atoms with Gasteiger partial charge in [-0.3, -0.25) is 24.5 Å². The Morgan fingerprint density at radius 3 is 2.27 bits per heavy atom. The Balaban J connectivity index is 1.46. The van der Waals surface area contributed by atoms with Crippen LogP contribution in [0.2, 0.25) is 5.02 Å². The lowest BCUT2D eigenvalue weighted by Crippen LogP contribution is -2.30. The molecule has 0 unspecified atom stereocenters. The van der Waals surface area contributed by atoms with Crippen molar-refractivity contribution in [3.8, 4) is 0 Å². The Hall–Kier alpha value is -5.46. The molecule has 0 heterocycles. The third-order valence-electron chi connectivity index (χ3n) is 5.89. The molecule has 11 nitrogen and oxygen atoms in total. The number of nitrogens with one attached hydrogen (secondary N) is 3. The monoisotopic (exact) mass is 630 g/mol. The van der Waals surface area contributed by atoms with Crippen LogP contribution in [0.25, 0.3) is 6.08 Å². The van der Waals surface area contributed by atoms with Crippen molar-refractivity contribution in [1.29, 1.82) is 0 Å². The number of anilines is 2. The lowest BCUT2D eigenvalue weighted by molar-refractivity contribution is -0.384. The van der Waals surface area contributed by atoms with Crippen LogP contribution < -0.4 is 16.0 Å². The van der Waals surface area contributed by atoms with Gasteiger partial charge in [0.25, 0.3) is 17.5 Å². The van der Waals surface area contributed by atoms with Crippen LogP contribution in [0.4, 0.5) is 17.1 Å². The lowest BCUT2D eigenvalue weighted by Gasteiger charge is -2.12. The molecule has 0 radical (unpaired) electrons. The van der Waals surface area contributed by atoms with Crippen LogP contribution in [0, 0.1) is 10.1 Å². The van der Waals surface area contributed by atoms with Gasteiger partial charge in [-0.2, -0.15) is 0 Å². The number of rotatable bonds is 11. The van der Waals surface area contributed by atoms with Crippen molar-refractivity contribution in [3.05, 3.63) is 135 Å². The first-order valence-corrected chi connectivity index (χ1v) is 14.1. The highest BCUT2D eigenvalue weighted by Crippen LogP contribution is 2.26. The van der Waals surface area contributed by atoms with Crippen LogP contribution in [0.3, 0.4) is 0 Å². The van der Waals surface area contributed by atoms with E-state index in [1.165, 1.54) is 60.3 Å². The number of aromatic carboxylic acids is 1. The maximum absolute atomic E-state index is 13.3. The van der Waals surface area contributed by atoms with E-state index in [1.807, 2.05) is 0 Å². The highest BCUT2D eigenvalue weighted by molar-refractivity contribution is 8.00. The summed E-state index contributed by atoms with van der Waals surface area (Å²) in [6.45, 7) is 0. The molecule has 4 aromatic carbocycles. The zero-order valence-electron chi connectivity index (χ0n) is 22.7. The first-order valence-electron chi connectivity index (χ1n) is 12.8. The molecule has 4 N–H and O–H groups in total. The van der Waals surface area contributed by atoms with Crippen LogP contribution in [0.5, 0.6) is 0 Å². The number of carbonyl (C=O) groups excluding carboxylic acids is 3. The minimum Gasteiger partial charge on any atom is -0.478 e. The predicted molar refractivity (Wildman–Crippen MR) is 168 cm³/mol. The molecule has 0 spiro atoms. The summed E-state index contributed by atoms with van der Waals surface area (Å²) < 4.78 is 0. The Morgan fingerprint density at radius 1 is 0.864 bits per heavy atom. The Bertz CT molecular complexity index is 1760. The number of nitro benzene ring substituents is 1. The van der Waals surface area contributed by atoms with Gasteiger partial charge >= 0.3 is 5.97 Å². The van der Waals surface area contributed by atoms with E-state index in [2.05, 4.69) is 16.0 Å². The second kappa shape index (κ2) is 14.6. The molecule has 0 aromatic heterocycles. The molecule has 0 saturated heterocycles. The van der Waals surface area contributed by atoms with E-state index in [0.29, 0.717) is 21.7 Å². The predicted octanol–water partition coefficient (Wildman–Crippen LogP) is 6.09. The molecular weight excluding hydrogens is 608 g/mol. The van der Waals surface area contributed by atoms with Crippen LogP contribution in [0.1, 0.15) is 26.3 Å². The van der Waals surface area contributed by atoms with Gasteiger partial charge in [-0.25, -0.2) is 4.79 Å². The highest BCUT2D eigenvalue weighted by Gasteiger charge is 2.16. The second-order valence-corrected chi connectivity index (χ2v) is 10.5. The van der Waals surface area contributed by atoms with E-state index in [-0.39, 0.29) is 33.4 Å². The Kier molecular flexibility index (Phi) is 10.5. The van der Waals surface area contributed by atoms with E-state index in [9.17, 15) is 29.3 Å². The zero-order chi connectivity index (χ0) is 31.6. The summed E-state index contributed by atoms with van der Waals surface area (Å²) in [7, 11) is 0. The highest BCUT2D eigenvalue weighted by atomic mass is 35.5. The number of nitro groups is 1. The number of carboxylic acids is 1.